The van der Waals surface area contributed by atoms with Crippen LogP contribution in [0.25, 0.3) is 0 Å². The Morgan fingerprint density at radius 2 is 1.76 bits per heavy atom. The molecule has 2 aliphatic rings. The highest BCUT2D eigenvalue weighted by Gasteiger charge is 2.28. The summed E-state index contributed by atoms with van der Waals surface area (Å²) < 4.78 is 43.4. The fraction of sp³-hybridized carbons (Fsp3) is 0.414. The first-order valence-corrected chi connectivity index (χ1v) is 15.6. The summed E-state index contributed by atoms with van der Waals surface area (Å²) in [6.07, 6.45) is 2.88. The first kappa shape index (κ1) is 29.4. The fourth-order valence-corrected chi connectivity index (χ4v) is 5.60. The van der Waals surface area contributed by atoms with E-state index in [-0.39, 0.29) is 45.2 Å². The van der Waals surface area contributed by atoms with Crippen LogP contribution in [0.1, 0.15) is 46.1 Å². The number of methoxy groups -OCH3 is 1. The Balaban J connectivity index is 1.13. The maximum atomic E-state index is 12.8. The molecule has 2 amide bonds. The number of nitrogens with zero attached hydrogens (tertiary/aromatic N) is 4. The number of sulfonamides is 1. The summed E-state index contributed by atoms with van der Waals surface area (Å²) in [4.78, 5) is 26.8. The monoisotopic (exact) mass is 597 g/mol. The number of hydrogen-bond acceptors (Lipinski definition) is 8. The molecule has 5 rings (SSSR count). The van der Waals surface area contributed by atoms with Gasteiger partial charge in [-0.05, 0) is 42.7 Å². The van der Waals surface area contributed by atoms with Crippen molar-refractivity contribution in [3.63, 3.8) is 0 Å². The number of nitrogens with one attached hydrogen (secondary N) is 1. The van der Waals surface area contributed by atoms with Crippen LogP contribution < -0.4 is 19.5 Å². The molecule has 3 aromatic rings. The SMILES string of the molecule is COc1c(CNC(=O)c2cc(C3CC3)nn2C)cccc1OCc1ccc(OC(=O)N2CCN(S(C)(=O)=O)CC2)cc1. The van der Waals surface area contributed by atoms with Crippen molar-refractivity contribution in [1.82, 2.24) is 24.3 Å². The predicted octanol–water partition coefficient (Wildman–Crippen LogP) is 2.89. The molecule has 1 aliphatic carbocycles. The van der Waals surface area contributed by atoms with Gasteiger partial charge in [0, 0.05) is 51.3 Å². The smallest absolute Gasteiger partial charge is 0.415 e. The van der Waals surface area contributed by atoms with Crippen LogP contribution in [-0.2, 0) is 30.2 Å². The van der Waals surface area contributed by atoms with Crippen LogP contribution in [0.5, 0.6) is 17.2 Å². The topological polar surface area (TPSA) is 132 Å². The lowest BCUT2D eigenvalue weighted by atomic mass is 10.1. The molecule has 2 heterocycles. The molecule has 42 heavy (non-hydrogen) atoms. The van der Waals surface area contributed by atoms with Gasteiger partial charge in [0.05, 0.1) is 19.1 Å². The van der Waals surface area contributed by atoms with Crippen molar-refractivity contribution in [1.29, 1.82) is 0 Å². The zero-order valence-corrected chi connectivity index (χ0v) is 24.7. The molecule has 2 aromatic carbocycles. The van der Waals surface area contributed by atoms with Crippen LogP contribution in [0.2, 0.25) is 0 Å². The van der Waals surface area contributed by atoms with Crippen LogP contribution in [0.15, 0.2) is 48.5 Å². The van der Waals surface area contributed by atoms with E-state index in [1.54, 1.807) is 49.2 Å². The Morgan fingerprint density at radius 1 is 1.05 bits per heavy atom. The number of piperazine rings is 1. The summed E-state index contributed by atoms with van der Waals surface area (Å²) in [5.41, 5.74) is 3.10. The molecule has 1 N–H and O–H groups in total. The Labute approximate surface area is 245 Å². The van der Waals surface area contributed by atoms with Gasteiger partial charge in [-0.3, -0.25) is 9.48 Å². The van der Waals surface area contributed by atoms with Crippen LogP contribution in [-0.4, -0.2) is 78.9 Å². The van der Waals surface area contributed by atoms with Crippen LogP contribution in [0, 0.1) is 0 Å². The van der Waals surface area contributed by atoms with Gasteiger partial charge in [-0.2, -0.15) is 9.40 Å². The summed E-state index contributed by atoms with van der Waals surface area (Å²) in [5.74, 6) is 1.70. The number of aryl methyl sites for hydroxylation is 1. The Kier molecular flexibility index (Phi) is 8.69. The second-order valence-electron chi connectivity index (χ2n) is 10.4. The molecule has 1 aromatic heterocycles. The number of ether oxygens (including phenoxy) is 3. The van der Waals surface area contributed by atoms with Gasteiger partial charge in [0.25, 0.3) is 5.91 Å². The maximum absolute atomic E-state index is 12.8. The van der Waals surface area contributed by atoms with Crippen molar-refractivity contribution in [2.45, 2.75) is 31.9 Å². The number of carbonyl (C=O) groups excluding carboxylic acids is 2. The molecule has 0 atom stereocenters. The molecule has 0 spiro atoms. The quantitative estimate of drug-likeness (QED) is 0.377. The zero-order chi connectivity index (χ0) is 29.9. The summed E-state index contributed by atoms with van der Waals surface area (Å²) in [6.45, 7) is 1.53. The molecule has 13 heteroatoms. The molecule has 0 unspecified atom stereocenters. The molecule has 12 nitrogen and oxygen atoms in total. The number of aromatic nitrogens is 2. The van der Waals surface area contributed by atoms with Gasteiger partial charge in [0.1, 0.15) is 18.1 Å². The highest BCUT2D eigenvalue weighted by molar-refractivity contribution is 7.88. The lowest BCUT2D eigenvalue weighted by Crippen LogP contribution is -2.51. The first-order chi connectivity index (χ1) is 20.1. The van der Waals surface area contributed by atoms with Crippen molar-refractivity contribution in [3.8, 4) is 17.2 Å². The molecule has 1 saturated carbocycles. The minimum Gasteiger partial charge on any atom is -0.493 e. The van der Waals surface area contributed by atoms with E-state index in [0.717, 1.165) is 35.9 Å². The number of benzene rings is 2. The third-order valence-corrected chi connectivity index (χ3v) is 8.62. The van der Waals surface area contributed by atoms with E-state index in [4.69, 9.17) is 14.2 Å². The van der Waals surface area contributed by atoms with E-state index >= 15 is 0 Å². The lowest BCUT2D eigenvalue weighted by Gasteiger charge is -2.32. The fourth-order valence-electron chi connectivity index (χ4n) is 4.77. The normalized spacial score (nSPS) is 15.7. The van der Waals surface area contributed by atoms with E-state index in [1.807, 2.05) is 18.2 Å². The maximum Gasteiger partial charge on any atom is 0.415 e. The summed E-state index contributed by atoms with van der Waals surface area (Å²) in [7, 11) is 0.0567. The molecule has 0 radical (unpaired) electrons. The van der Waals surface area contributed by atoms with Gasteiger partial charge in [0.2, 0.25) is 10.0 Å². The standard InChI is InChI=1S/C29H35N5O7S/c1-32-25(17-24(31-32)21-9-10-21)28(35)30-18-22-5-4-6-26(27(22)39-2)40-19-20-7-11-23(12-8-20)41-29(36)33-13-15-34(16-14-33)42(3,37)38/h4-8,11-12,17,21H,9-10,13-16,18-19H2,1-3H3,(H,30,35). The minimum atomic E-state index is -3.27. The van der Waals surface area contributed by atoms with Gasteiger partial charge in [0.15, 0.2) is 11.5 Å². The summed E-state index contributed by atoms with van der Waals surface area (Å²) in [6, 6.07) is 14.3. The van der Waals surface area contributed by atoms with E-state index in [2.05, 4.69) is 10.4 Å². The van der Waals surface area contributed by atoms with Crippen LogP contribution >= 0.6 is 0 Å². The molecule has 1 saturated heterocycles. The van der Waals surface area contributed by atoms with E-state index < -0.39 is 16.1 Å². The highest BCUT2D eigenvalue weighted by Crippen LogP contribution is 2.39. The van der Waals surface area contributed by atoms with Gasteiger partial charge < -0.3 is 24.4 Å². The van der Waals surface area contributed by atoms with Gasteiger partial charge >= 0.3 is 6.09 Å². The average molecular weight is 598 g/mol. The third kappa shape index (κ3) is 7.02. The Morgan fingerprint density at radius 3 is 2.40 bits per heavy atom. The largest absolute Gasteiger partial charge is 0.493 e. The lowest BCUT2D eigenvalue weighted by molar-refractivity contribution is 0.0941. The van der Waals surface area contributed by atoms with Crippen LogP contribution in [0.4, 0.5) is 4.79 Å². The van der Waals surface area contributed by atoms with Gasteiger partial charge in [-0.1, -0.05) is 24.3 Å². The number of amides is 2. The minimum absolute atomic E-state index is 0.206. The van der Waals surface area contributed by atoms with E-state index in [1.165, 1.54) is 9.21 Å². The zero-order valence-electron chi connectivity index (χ0n) is 23.9. The Hall–Kier alpha value is -4.10. The molecule has 2 fully saturated rings. The molecule has 224 valence electrons. The molecular formula is C29H35N5O7S. The Bertz CT molecular complexity index is 1540. The first-order valence-electron chi connectivity index (χ1n) is 13.7. The molecule has 1 aliphatic heterocycles. The van der Waals surface area contributed by atoms with Crippen molar-refractivity contribution >= 4 is 22.0 Å². The third-order valence-electron chi connectivity index (χ3n) is 7.32. The van der Waals surface area contributed by atoms with Crippen molar-refractivity contribution < 1.29 is 32.2 Å². The average Bonchev–Trinajstić information content (AvgIpc) is 3.76. The summed E-state index contributed by atoms with van der Waals surface area (Å²) in [5, 5.41) is 7.41. The van der Waals surface area contributed by atoms with Crippen molar-refractivity contribution in [3.05, 3.63) is 71.0 Å². The van der Waals surface area contributed by atoms with Crippen LogP contribution in [0.3, 0.4) is 0 Å². The van der Waals surface area contributed by atoms with Gasteiger partial charge in [-0.25, -0.2) is 13.2 Å². The van der Waals surface area contributed by atoms with E-state index in [9.17, 15) is 18.0 Å². The predicted molar refractivity (Wildman–Crippen MR) is 154 cm³/mol. The second kappa shape index (κ2) is 12.4. The van der Waals surface area contributed by atoms with Crippen molar-refractivity contribution in [2.75, 3.05) is 39.5 Å². The van der Waals surface area contributed by atoms with Crippen molar-refractivity contribution in [2.24, 2.45) is 7.05 Å². The number of carbonyl (C=O) groups is 2. The summed E-state index contributed by atoms with van der Waals surface area (Å²) >= 11 is 0. The van der Waals surface area contributed by atoms with Gasteiger partial charge in [-0.15, -0.1) is 0 Å². The molecular weight excluding hydrogens is 562 g/mol. The highest BCUT2D eigenvalue weighted by atomic mass is 32.2. The number of rotatable bonds is 10. The molecule has 0 bridgehead atoms. The number of hydrogen-bond donors (Lipinski definition) is 1. The van der Waals surface area contributed by atoms with E-state index in [0.29, 0.717) is 28.9 Å². The second-order valence-corrected chi connectivity index (χ2v) is 12.4. The number of para-hydroxylation sites is 1.